The van der Waals surface area contributed by atoms with E-state index in [2.05, 4.69) is 221 Å². The summed E-state index contributed by atoms with van der Waals surface area (Å²) in [6, 6.07) is 62.6. The van der Waals surface area contributed by atoms with Crippen molar-refractivity contribution in [3.63, 3.8) is 0 Å². The molecule has 2 aliphatic carbocycles. The molecule has 0 aliphatic heterocycles. The molecule has 0 heterocycles. The van der Waals surface area contributed by atoms with Gasteiger partial charge in [-0.1, -0.05) is 139 Å². The van der Waals surface area contributed by atoms with Crippen molar-refractivity contribution in [2.75, 3.05) is 9.80 Å². The fraction of sp³-hybridized carbons (Fsp3) is 0.208. The van der Waals surface area contributed by atoms with Gasteiger partial charge in [0.25, 0.3) is 0 Å². The Kier molecular flexibility index (Phi) is 8.35. The zero-order chi connectivity index (χ0) is 38.0. The number of hydrogen-bond donors (Lipinski definition) is 0. The number of anilines is 6. The molecule has 0 N–H and O–H groups in total. The van der Waals surface area contributed by atoms with Crippen LogP contribution in [0.1, 0.15) is 76.6 Å². The average molecular weight is 715 g/mol. The SMILES string of the molecule is CC1(C)CCC(C)(C)c2cc(N(c3ccccc3)c3ccc(-c4ccc(N(c5ccccc5)c5ccc6c(c5)C(C)(C)c5ccccc5-6)cc4)cc3)ccc21. The van der Waals surface area contributed by atoms with Gasteiger partial charge >= 0.3 is 0 Å². The first kappa shape index (κ1) is 34.9. The van der Waals surface area contributed by atoms with Crippen molar-refractivity contribution in [1.82, 2.24) is 0 Å². The van der Waals surface area contributed by atoms with Crippen LogP contribution in [0.25, 0.3) is 22.3 Å². The van der Waals surface area contributed by atoms with Gasteiger partial charge in [-0.2, -0.15) is 0 Å². The van der Waals surface area contributed by atoms with E-state index in [1.165, 1.54) is 63.0 Å². The zero-order valence-corrected chi connectivity index (χ0v) is 33.0. The lowest BCUT2D eigenvalue weighted by Gasteiger charge is -2.42. The minimum atomic E-state index is -0.0657. The highest BCUT2D eigenvalue weighted by Gasteiger charge is 2.38. The summed E-state index contributed by atoms with van der Waals surface area (Å²) >= 11 is 0. The van der Waals surface area contributed by atoms with Gasteiger partial charge in [0.05, 0.1) is 0 Å². The quantitative estimate of drug-likeness (QED) is 0.162. The largest absolute Gasteiger partial charge is 0.310 e. The second-order valence-electron chi connectivity index (χ2n) is 17.3. The van der Waals surface area contributed by atoms with Crippen molar-refractivity contribution in [2.24, 2.45) is 0 Å². The molecule has 7 aromatic rings. The molecule has 2 aliphatic rings. The van der Waals surface area contributed by atoms with E-state index >= 15 is 0 Å². The summed E-state index contributed by atoms with van der Waals surface area (Å²) in [7, 11) is 0. The van der Waals surface area contributed by atoms with Crippen molar-refractivity contribution in [3.8, 4) is 22.3 Å². The molecule has 0 fully saturated rings. The van der Waals surface area contributed by atoms with Crippen molar-refractivity contribution in [3.05, 3.63) is 192 Å². The van der Waals surface area contributed by atoms with Gasteiger partial charge in [0.15, 0.2) is 0 Å². The van der Waals surface area contributed by atoms with Crippen molar-refractivity contribution in [1.29, 1.82) is 0 Å². The Balaban J connectivity index is 1.05. The third kappa shape index (κ3) is 6.05. The molecule has 272 valence electrons. The lowest BCUT2D eigenvalue weighted by atomic mass is 9.63. The first-order chi connectivity index (χ1) is 26.5. The van der Waals surface area contributed by atoms with Crippen LogP contribution in [0, 0.1) is 0 Å². The summed E-state index contributed by atoms with van der Waals surface area (Å²) in [5.41, 5.74) is 18.0. The van der Waals surface area contributed by atoms with Gasteiger partial charge in [-0.3, -0.25) is 0 Å². The molecule has 0 radical (unpaired) electrons. The normalized spacial score (nSPS) is 15.7. The number of benzene rings is 7. The molecular weight excluding hydrogens is 665 g/mol. The van der Waals surface area contributed by atoms with E-state index in [1.807, 2.05) is 0 Å². The Morgan fingerprint density at radius 3 is 1.27 bits per heavy atom. The van der Waals surface area contributed by atoms with Crippen LogP contribution in [0.15, 0.2) is 170 Å². The van der Waals surface area contributed by atoms with Gasteiger partial charge in [-0.25, -0.2) is 0 Å². The molecule has 2 nitrogen and oxygen atoms in total. The Bertz CT molecular complexity index is 2490. The van der Waals surface area contributed by atoms with E-state index in [0.717, 1.165) is 28.4 Å². The summed E-state index contributed by atoms with van der Waals surface area (Å²) in [6.45, 7) is 14.3. The second kappa shape index (κ2) is 13.2. The molecule has 7 aromatic carbocycles. The monoisotopic (exact) mass is 714 g/mol. The maximum Gasteiger partial charge on any atom is 0.0465 e. The molecule has 0 amide bonds. The Morgan fingerprint density at radius 1 is 0.327 bits per heavy atom. The molecule has 2 heteroatoms. The third-order valence-corrected chi connectivity index (χ3v) is 12.5. The van der Waals surface area contributed by atoms with Gasteiger partial charge in [0.2, 0.25) is 0 Å². The highest BCUT2D eigenvalue weighted by Crippen LogP contribution is 2.51. The molecule has 0 saturated heterocycles. The summed E-state index contributed by atoms with van der Waals surface area (Å²) < 4.78 is 0. The van der Waals surface area contributed by atoms with E-state index in [4.69, 9.17) is 0 Å². The molecule has 0 aromatic heterocycles. The van der Waals surface area contributed by atoms with E-state index < -0.39 is 0 Å². The third-order valence-electron chi connectivity index (χ3n) is 12.5. The summed E-state index contributed by atoms with van der Waals surface area (Å²) in [4.78, 5) is 4.78. The molecule has 0 atom stereocenters. The number of hydrogen-bond acceptors (Lipinski definition) is 2. The summed E-state index contributed by atoms with van der Waals surface area (Å²) in [5, 5.41) is 0. The fourth-order valence-electron chi connectivity index (χ4n) is 9.20. The number of fused-ring (bicyclic) bond motifs is 4. The maximum atomic E-state index is 2.45. The van der Waals surface area contributed by atoms with Gasteiger partial charge < -0.3 is 9.80 Å². The highest BCUT2D eigenvalue weighted by molar-refractivity contribution is 5.86. The Morgan fingerprint density at radius 2 is 0.727 bits per heavy atom. The predicted octanol–water partition coefficient (Wildman–Crippen LogP) is 14.9. The first-order valence-corrected chi connectivity index (χ1v) is 19.8. The van der Waals surface area contributed by atoms with Crippen LogP contribution in [0.2, 0.25) is 0 Å². The van der Waals surface area contributed by atoms with Gasteiger partial charge in [-0.05, 0) is 141 Å². The van der Waals surface area contributed by atoms with Crippen LogP contribution in [0.4, 0.5) is 34.1 Å². The van der Waals surface area contributed by atoms with E-state index in [-0.39, 0.29) is 16.2 Å². The predicted molar refractivity (Wildman–Crippen MR) is 234 cm³/mol. The fourth-order valence-corrected chi connectivity index (χ4v) is 9.20. The van der Waals surface area contributed by atoms with E-state index in [0.29, 0.717) is 0 Å². The maximum absolute atomic E-state index is 2.45. The standard InChI is InChI=1S/C53H50N2/c1-51(2)33-34-52(3,4)50-36-44(30-32-48(50)51)55(40-17-11-8-12-18-40)42-27-23-38(24-28-42)37-21-25-41(26-22-37)54(39-15-9-7-10-16-39)43-29-31-46-45-19-13-14-20-47(45)53(5,6)49(46)35-43/h7-32,35-36H,33-34H2,1-6H3. The Labute approximate surface area is 327 Å². The van der Waals surface area contributed by atoms with Crippen molar-refractivity contribution in [2.45, 2.75) is 70.6 Å². The van der Waals surface area contributed by atoms with Crippen LogP contribution in [0.3, 0.4) is 0 Å². The molecule has 0 unspecified atom stereocenters. The smallest absolute Gasteiger partial charge is 0.0465 e. The first-order valence-electron chi connectivity index (χ1n) is 19.8. The zero-order valence-electron chi connectivity index (χ0n) is 33.0. The molecule has 9 rings (SSSR count). The number of nitrogens with zero attached hydrogens (tertiary/aromatic N) is 2. The van der Waals surface area contributed by atoms with Gasteiger partial charge in [-0.15, -0.1) is 0 Å². The van der Waals surface area contributed by atoms with Gasteiger partial charge in [0.1, 0.15) is 0 Å². The van der Waals surface area contributed by atoms with Crippen LogP contribution >= 0.6 is 0 Å². The van der Waals surface area contributed by atoms with Crippen LogP contribution in [-0.4, -0.2) is 0 Å². The highest BCUT2D eigenvalue weighted by atomic mass is 15.1. The molecular formula is C53H50N2. The van der Waals surface area contributed by atoms with Crippen LogP contribution < -0.4 is 9.80 Å². The minimum Gasteiger partial charge on any atom is -0.310 e. The van der Waals surface area contributed by atoms with E-state index in [1.54, 1.807) is 0 Å². The average Bonchev–Trinajstić information content (AvgIpc) is 3.44. The van der Waals surface area contributed by atoms with Crippen molar-refractivity contribution >= 4 is 34.1 Å². The molecule has 0 bridgehead atoms. The molecule has 55 heavy (non-hydrogen) atoms. The summed E-state index contributed by atoms with van der Waals surface area (Å²) in [6.07, 6.45) is 2.40. The van der Waals surface area contributed by atoms with Gasteiger partial charge in [0, 0.05) is 39.5 Å². The lowest BCUT2D eigenvalue weighted by molar-refractivity contribution is 0.332. The molecule has 0 spiro atoms. The lowest BCUT2D eigenvalue weighted by Crippen LogP contribution is -2.34. The minimum absolute atomic E-state index is 0.0657. The van der Waals surface area contributed by atoms with Crippen molar-refractivity contribution < 1.29 is 0 Å². The number of rotatable bonds is 7. The van der Waals surface area contributed by atoms with E-state index in [9.17, 15) is 0 Å². The molecule has 0 saturated carbocycles. The summed E-state index contributed by atoms with van der Waals surface area (Å²) in [5.74, 6) is 0. The van der Waals surface area contributed by atoms with Crippen LogP contribution in [-0.2, 0) is 16.2 Å². The number of para-hydroxylation sites is 2. The topological polar surface area (TPSA) is 6.48 Å². The van der Waals surface area contributed by atoms with Crippen LogP contribution in [0.5, 0.6) is 0 Å². The Hall–Kier alpha value is -5.86. The second-order valence-corrected chi connectivity index (χ2v) is 17.3.